The van der Waals surface area contributed by atoms with Crippen LogP contribution in [0.4, 0.5) is 22.9 Å². The van der Waals surface area contributed by atoms with Gasteiger partial charge in [0.25, 0.3) is 21.8 Å². The molecule has 13 nitrogen and oxygen atoms in total. The Kier molecular flexibility index (Phi) is 10.2. The number of halogens is 1. The van der Waals surface area contributed by atoms with Crippen molar-refractivity contribution < 1.29 is 32.1 Å². The standard InChI is InChI=1S/C37H31ClN6O7S/c1-23-20-33(41-51-23)42-52(48,49)31-18-12-28(13-19-31)39-34(45)22-50-37(47)26-8-16-30(17-9-26)44-35(25-6-10-27(38)11-7-25)40-32(36(44)46)21-24-4-14-29(15-5-24)43(2)3/h4-21H,22H2,1-3H3,(H,39,45)(H,41,42)/b32-21-. The summed E-state index contributed by atoms with van der Waals surface area (Å²) in [6, 6.07) is 27.6. The summed E-state index contributed by atoms with van der Waals surface area (Å²) in [5, 5.41) is 6.70. The minimum atomic E-state index is -3.94. The highest BCUT2D eigenvalue weighted by atomic mass is 35.5. The van der Waals surface area contributed by atoms with E-state index in [1.54, 1.807) is 49.4 Å². The molecule has 0 bridgehead atoms. The van der Waals surface area contributed by atoms with Crippen LogP contribution >= 0.6 is 11.6 Å². The summed E-state index contributed by atoms with van der Waals surface area (Å²) in [4.78, 5) is 47.2. The van der Waals surface area contributed by atoms with Gasteiger partial charge >= 0.3 is 5.97 Å². The number of nitrogens with zero attached hydrogens (tertiary/aromatic N) is 4. The molecular weight excluding hydrogens is 708 g/mol. The number of aliphatic imine (C=N–C) groups is 1. The Labute approximate surface area is 304 Å². The molecule has 52 heavy (non-hydrogen) atoms. The Morgan fingerprint density at radius 1 is 0.942 bits per heavy atom. The Hall–Kier alpha value is -6.25. The third kappa shape index (κ3) is 8.20. The fourth-order valence-corrected chi connectivity index (χ4v) is 6.17. The highest BCUT2D eigenvalue weighted by Gasteiger charge is 2.32. The van der Waals surface area contributed by atoms with Gasteiger partial charge in [-0.1, -0.05) is 28.9 Å². The summed E-state index contributed by atoms with van der Waals surface area (Å²) in [6.45, 7) is 1.03. The normalized spacial score (nSPS) is 13.5. The van der Waals surface area contributed by atoms with E-state index < -0.39 is 28.5 Å². The SMILES string of the molecule is Cc1cc(NS(=O)(=O)c2ccc(NC(=O)COC(=O)c3ccc(N4C(=O)/C(=C/c5ccc(N(C)C)cc5)N=C4c4ccc(Cl)cc4)cc3)cc2)no1. The largest absolute Gasteiger partial charge is 0.452 e. The van der Waals surface area contributed by atoms with E-state index in [4.69, 9.17) is 20.9 Å². The number of hydrogen-bond donors (Lipinski definition) is 2. The highest BCUT2D eigenvalue weighted by Crippen LogP contribution is 2.29. The number of esters is 1. The lowest BCUT2D eigenvalue weighted by Gasteiger charge is -2.19. The zero-order valence-electron chi connectivity index (χ0n) is 28.0. The summed E-state index contributed by atoms with van der Waals surface area (Å²) in [6.07, 6.45) is 1.71. The third-order valence-corrected chi connectivity index (χ3v) is 9.31. The number of anilines is 4. The van der Waals surface area contributed by atoms with E-state index in [1.165, 1.54) is 47.4 Å². The number of hydrogen-bond acceptors (Lipinski definition) is 10. The molecule has 0 atom stereocenters. The predicted octanol–water partition coefficient (Wildman–Crippen LogP) is 6.13. The molecule has 0 aliphatic carbocycles. The summed E-state index contributed by atoms with van der Waals surface area (Å²) >= 11 is 6.12. The van der Waals surface area contributed by atoms with Crippen LogP contribution in [0.15, 0.2) is 123 Å². The molecule has 2 amide bonds. The molecule has 5 aromatic rings. The monoisotopic (exact) mass is 738 g/mol. The van der Waals surface area contributed by atoms with Crippen LogP contribution in [0.2, 0.25) is 5.02 Å². The molecule has 2 heterocycles. The lowest BCUT2D eigenvalue weighted by Crippen LogP contribution is -2.32. The first-order valence-electron chi connectivity index (χ1n) is 15.7. The van der Waals surface area contributed by atoms with Gasteiger partial charge in [0, 0.05) is 42.1 Å². The lowest BCUT2D eigenvalue weighted by molar-refractivity contribution is -0.119. The van der Waals surface area contributed by atoms with E-state index in [-0.39, 0.29) is 33.6 Å². The maximum absolute atomic E-state index is 13.8. The zero-order chi connectivity index (χ0) is 37.0. The first-order valence-corrected chi connectivity index (χ1v) is 17.5. The van der Waals surface area contributed by atoms with Crippen molar-refractivity contribution in [1.29, 1.82) is 0 Å². The van der Waals surface area contributed by atoms with Gasteiger partial charge in [0.15, 0.2) is 12.4 Å². The fourth-order valence-electron chi connectivity index (χ4n) is 5.06. The van der Waals surface area contributed by atoms with Crippen molar-refractivity contribution >= 4 is 74.2 Å². The summed E-state index contributed by atoms with van der Waals surface area (Å²) in [5.74, 6) is -0.901. The van der Waals surface area contributed by atoms with E-state index >= 15 is 0 Å². The van der Waals surface area contributed by atoms with Crippen molar-refractivity contribution in [2.45, 2.75) is 11.8 Å². The van der Waals surface area contributed by atoms with Crippen LogP contribution in [0, 0.1) is 6.92 Å². The second kappa shape index (κ2) is 14.9. The van der Waals surface area contributed by atoms with Crippen LogP contribution in [0.5, 0.6) is 0 Å². The van der Waals surface area contributed by atoms with Gasteiger partial charge in [-0.05, 0) is 103 Å². The van der Waals surface area contributed by atoms with Gasteiger partial charge in [-0.2, -0.15) is 0 Å². The van der Waals surface area contributed by atoms with Crippen LogP contribution in [-0.2, 0) is 24.3 Å². The second-order valence-electron chi connectivity index (χ2n) is 11.7. The molecule has 4 aromatic carbocycles. The number of rotatable bonds is 11. The average Bonchev–Trinajstić information content (AvgIpc) is 3.68. The van der Waals surface area contributed by atoms with Crippen molar-refractivity contribution in [3.05, 3.63) is 136 Å². The van der Waals surface area contributed by atoms with Gasteiger partial charge in [0.1, 0.15) is 17.3 Å². The summed E-state index contributed by atoms with van der Waals surface area (Å²) in [7, 11) is -0.0514. The Morgan fingerprint density at radius 3 is 2.23 bits per heavy atom. The molecule has 15 heteroatoms. The first kappa shape index (κ1) is 35.6. The molecule has 0 saturated carbocycles. The first-order chi connectivity index (χ1) is 24.9. The molecule has 2 N–H and O–H groups in total. The van der Waals surface area contributed by atoms with E-state index in [0.717, 1.165) is 11.3 Å². The smallest absolute Gasteiger partial charge is 0.338 e. The topological polar surface area (TPSA) is 164 Å². The third-order valence-electron chi connectivity index (χ3n) is 7.69. The molecule has 1 aliphatic heterocycles. The number of carbonyl (C=O) groups excluding carboxylic acids is 3. The Morgan fingerprint density at radius 2 is 1.62 bits per heavy atom. The molecule has 6 rings (SSSR count). The molecular formula is C37H31ClN6O7S. The molecule has 0 saturated heterocycles. The van der Waals surface area contributed by atoms with Crippen LogP contribution in [0.25, 0.3) is 6.08 Å². The quantitative estimate of drug-likeness (QED) is 0.120. The minimum absolute atomic E-state index is 0.0384. The van der Waals surface area contributed by atoms with Crippen molar-refractivity contribution in [1.82, 2.24) is 5.16 Å². The number of nitrogens with one attached hydrogen (secondary N) is 2. The van der Waals surface area contributed by atoms with E-state index in [0.29, 0.717) is 27.9 Å². The van der Waals surface area contributed by atoms with Crippen molar-refractivity contribution in [3.63, 3.8) is 0 Å². The molecule has 1 aliphatic rings. The van der Waals surface area contributed by atoms with Gasteiger partial charge < -0.3 is 19.5 Å². The van der Waals surface area contributed by atoms with Gasteiger partial charge in [-0.15, -0.1) is 0 Å². The van der Waals surface area contributed by atoms with Crippen molar-refractivity contribution in [2.75, 3.05) is 40.5 Å². The highest BCUT2D eigenvalue weighted by molar-refractivity contribution is 7.92. The number of carbonyl (C=O) groups is 3. The zero-order valence-corrected chi connectivity index (χ0v) is 29.6. The second-order valence-corrected chi connectivity index (χ2v) is 13.8. The van der Waals surface area contributed by atoms with Gasteiger partial charge in [0.05, 0.1) is 16.1 Å². The molecule has 0 spiro atoms. The molecule has 1 aromatic heterocycles. The van der Waals surface area contributed by atoms with Crippen LogP contribution in [-0.4, -0.2) is 57.9 Å². The van der Waals surface area contributed by atoms with Crippen LogP contribution < -0.4 is 19.8 Å². The number of benzene rings is 4. The van der Waals surface area contributed by atoms with E-state index in [1.807, 2.05) is 43.3 Å². The fraction of sp³-hybridized carbons (Fsp3) is 0.108. The number of aryl methyl sites for hydroxylation is 1. The number of sulfonamides is 1. The number of aromatic nitrogens is 1. The number of amides is 2. The van der Waals surface area contributed by atoms with E-state index in [2.05, 4.69) is 20.2 Å². The summed E-state index contributed by atoms with van der Waals surface area (Å²) in [5.41, 5.74) is 3.59. The van der Waals surface area contributed by atoms with Gasteiger partial charge in [0.2, 0.25) is 0 Å². The Balaban J connectivity index is 1.10. The van der Waals surface area contributed by atoms with Crippen molar-refractivity contribution in [2.24, 2.45) is 4.99 Å². The molecule has 0 fully saturated rings. The van der Waals surface area contributed by atoms with Gasteiger partial charge in [-0.25, -0.2) is 18.2 Å². The number of amidine groups is 1. The van der Waals surface area contributed by atoms with E-state index in [9.17, 15) is 22.8 Å². The molecule has 0 unspecified atom stereocenters. The van der Waals surface area contributed by atoms with Crippen LogP contribution in [0.3, 0.4) is 0 Å². The van der Waals surface area contributed by atoms with Crippen LogP contribution in [0.1, 0.15) is 27.2 Å². The predicted molar refractivity (Wildman–Crippen MR) is 198 cm³/mol. The Bertz CT molecular complexity index is 2300. The maximum atomic E-state index is 13.8. The minimum Gasteiger partial charge on any atom is -0.452 e. The lowest BCUT2D eigenvalue weighted by atomic mass is 10.1. The summed E-state index contributed by atoms with van der Waals surface area (Å²) < 4.78 is 37.6. The average molecular weight is 739 g/mol. The number of ether oxygens (including phenoxy) is 1. The maximum Gasteiger partial charge on any atom is 0.338 e. The van der Waals surface area contributed by atoms with Crippen molar-refractivity contribution in [3.8, 4) is 0 Å². The molecule has 0 radical (unpaired) electrons. The van der Waals surface area contributed by atoms with Gasteiger partial charge in [-0.3, -0.25) is 19.2 Å². The molecule has 264 valence electrons.